The number of carbonyl (C=O) groups is 2. The van der Waals surface area contributed by atoms with Crippen LogP contribution in [0.2, 0.25) is 0 Å². The third kappa shape index (κ3) is 4.80. The van der Waals surface area contributed by atoms with Gasteiger partial charge in [0.05, 0.1) is 26.5 Å². The molecule has 1 atom stereocenters. The number of hydrogen-bond acceptors (Lipinski definition) is 5. The van der Waals surface area contributed by atoms with Gasteiger partial charge in [-0.2, -0.15) is 0 Å². The van der Waals surface area contributed by atoms with Gasteiger partial charge in [-0.15, -0.1) is 0 Å². The van der Waals surface area contributed by atoms with E-state index in [1.165, 1.54) is 0 Å². The number of nitrogens with one attached hydrogen (secondary N) is 1. The molecule has 0 bridgehead atoms. The molecule has 0 saturated heterocycles. The number of para-hydroxylation sites is 3. The van der Waals surface area contributed by atoms with Crippen LogP contribution in [0, 0.1) is 0 Å². The van der Waals surface area contributed by atoms with Crippen molar-refractivity contribution >= 4 is 17.5 Å². The van der Waals surface area contributed by atoms with Gasteiger partial charge in [-0.1, -0.05) is 24.3 Å². The molecule has 0 aromatic heterocycles. The first-order valence-electron chi connectivity index (χ1n) is 9.56. The van der Waals surface area contributed by atoms with Crippen molar-refractivity contribution in [3.8, 4) is 17.2 Å². The van der Waals surface area contributed by atoms with Gasteiger partial charge in [0.1, 0.15) is 11.9 Å². The van der Waals surface area contributed by atoms with Crippen LogP contribution in [-0.2, 0) is 16.1 Å². The zero-order valence-electron chi connectivity index (χ0n) is 16.9. The number of ether oxygens (including phenoxy) is 3. The summed E-state index contributed by atoms with van der Waals surface area (Å²) in [5.41, 5.74) is 1.56. The Kier molecular flexibility index (Phi) is 6.59. The average molecular weight is 398 g/mol. The fourth-order valence-corrected chi connectivity index (χ4v) is 3.36. The van der Waals surface area contributed by atoms with E-state index in [4.69, 9.17) is 14.2 Å². The summed E-state index contributed by atoms with van der Waals surface area (Å²) in [6.07, 6.45) is 0.143. The molecular weight excluding hydrogens is 372 g/mol. The van der Waals surface area contributed by atoms with Crippen LogP contribution in [-0.4, -0.2) is 38.7 Å². The number of benzene rings is 2. The Labute approximate surface area is 170 Å². The molecular formula is C22H26N2O5. The lowest BCUT2D eigenvalue weighted by atomic mass is 10.1. The molecule has 2 aromatic carbocycles. The zero-order chi connectivity index (χ0) is 20.8. The summed E-state index contributed by atoms with van der Waals surface area (Å²) in [6, 6.07) is 12.9. The summed E-state index contributed by atoms with van der Waals surface area (Å²) >= 11 is 0. The van der Waals surface area contributed by atoms with Gasteiger partial charge in [-0.3, -0.25) is 9.59 Å². The van der Waals surface area contributed by atoms with Gasteiger partial charge in [0.25, 0.3) is 0 Å². The summed E-state index contributed by atoms with van der Waals surface area (Å²) in [6.45, 7) is 2.69. The normalized spacial score (nSPS) is 15.1. The second kappa shape index (κ2) is 9.32. The van der Waals surface area contributed by atoms with E-state index in [2.05, 4.69) is 5.32 Å². The predicted molar refractivity (Wildman–Crippen MR) is 110 cm³/mol. The van der Waals surface area contributed by atoms with Gasteiger partial charge < -0.3 is 24.4 Å². The fourth-order valence-electron chi connectivity index (χ4n) is 3.36. The molecule has 0 aliphatic carbocycles. The Morgan fingerprint density at radius 2 is 1.90 bits per heavy atom. The van der Waals surface area contributed by atoms with Crippen molar-refractivity contribution < 1.29 is 23.8 Å². The SMILES string of the molecule is COc1cccc(CNC(=O)CCC(=O)N2C[C@H](C)Oc3ccccc32)c1OC. The van der Waals surface area contributed by atoms with E-state index in [9.17, 15) is 9.59 Å². The lowest BCUT2D eigenvalue weighted by Gasteiger charge is -2.33. The summed E-state index contributed by atoms with van der Waals surface area (Å²) in [7, 11) is 3.12. The lowest BCUT2D eigenvalue weighted by molar-refractivity contribution is -0.125. The monoisotopic (exact) mass is 398 g/mol. The number of nitrogens with zero attached hydrogens (tertiary/aromatic N) is 1. The highest BCUT2D eigenvalue weighted by atomic mass is 16.5. The number of rotatable bonds is 7. The van der Waals surface area contributed by atoms with Crippen LogP contribution < -0.4 is 24.4 Å². The van der Waals surface area contributed by atoms with E-state index < -0.39 is 0 Å². The van der Waals surface area contributed by atoms with Crippen molar-refractivity contribution in [2.24, 2.45) is 0 Å². The Morgan fingerprint density at radius 1 is 1.10 bits per heavy atom. The van der Waals surface area contributed by atoms with Crippen LogP contribution in [0.5, 0.6) is 17.2 Å². The highest BCUT2D eigenvalue weighted by molar-refractivity contribution is 5.97. The molecule has 7 heteroatoms. The molecule has 1 aliphatic heterocycles. The van der Waals surface area contributed by atoms with Crippen molar-refractivity contribution in [2.45, 2.75) is 32.4 Å². The highest BCUT2D eigenvalue weighted by Gasteiger charge is 2.27. The maximum atomic E-state index is 12.7. The molecule has 154 valence electrons. The maximum Gasteiger partial charge on any atom is 0.227 e. The maximum absolute atomic E-state index is 12.7. The molecule has 0 spiro atoms. The fraction of sp³-hybridized carbons (Fsp3) is 0.364. The highest BCUT2D eigenvalue weighted by Crippen LogP contribution is 2.33. The van der Waals surface area contributed by atoms with Gasteiger partial charge in [-0.05, 0) is 25.1 Å². The number of anilines is 1. The topological polar surface area (TPSA) is 77.1 Å². The predicted octanol–water partition coefficient (Wildman–Crippen LogP) is 2.91. The minimum absolute atomic E-state index is 0.0943. The van der Waals surface area contributed by atoms with Gasteiger partial charge in [-0.25, -0.2) is 0 Å². The minimum atomic E-state index is -0.196. The van der Waals surface area contributed by atoms with Crippen molar-refractivity contribution in [3.63, 3.8) is 0 Å². The van der Waals surface area contributed by atoms with Crippen LogP contribution in [0.3, 0.4) is 0 Å². The molecule has 1 N–H and O–H groups in total. The van der Waals surface area contributed by atoms with E-state index in [0.29, 0.717) is 30.3 Å². The third-order valence-corrected chi connectivity index (χ3v) is 4.75. The van der Waals surface area contributed by atoms with Crippen LogP contribution in [0.25, 0.3) is 0 Å². The van der Waals surface area contributed by atoms with Crippen molar-refractivity contribution in [2.75, 3.05) is 25.7 Å². The number of amides is 2. The molecule has 0 saturated carbocycles. The summed E-state index contributed by atoms with van der Waals surface area (Å²) < 4.78 is 16.4. The quantitative estimate of drug-likeness (QED) is 0.776. The Balaban J connectivity index is 1.56. The molecule has 1 heterocycles. The van der Waals surface area contributed by atoms with E-state index in [-0.39, 0.29) is 30.8 Å². The van der Waals surface area contributed by atoms with Crippen molar-refractivity contribution in [3.05, 3.63) is 48.0 Å². The summed E-state index contributed by atoms with van der Waals surface area (Å²) in [5, 5.41) is 2.84. The van der Waals surface area contributed by atoms with E-state index in [1.54, 1.807) is 25.2 Å². The standard InChI is InChI=1S/C22H26N2O5/c1-15-14-24(17-8-4-5-9-18(17)29-15)21(26)12-11-20(25)23-13-16-7-6-10-19(27-2)22(16)28-3/h4-10,15H,11-14H2,1-3H3,(H,23,25)/t15-/m0/s1. The van der Waals surface area contributed by atoms with Crippen LogP contribution >= 0.6 is 0 Å². The van der Waals surface area contributed by atoms with E-state index >= 15 is 0 Å². The van der Waals surface area contributed by atoms with Crippen LogP contribution in [0.15, 0.2) is 42.5 Å². The van der Waals surface area contributed by atoms with Crippen molar-refractivity contribution in [1.29, 1.82) is 0 Å². The molecule has 0 unspecified atom stereocenters. The van der Waals surface area contributed by atoms with Gasteiger partial charge in [0, 0.05) is 24.9 Å². The lowest BCUT2D eigenvalue weighted by Crippen LogP contribution is -2.42. The van der Waals surface area contributed by atoms with Gasteiger partial charge in [0.15, 0.2) is 11.5 Å². The Bertz CT molecular complexity index is 883. The number of carbonyl (C=O) groups excluding carboxylic acids is 2. The molecule has 7 nitrogen and oxygen atoms in total. The number of fused-ring (bicyclic) bond motifs is 1. The minimum Gasteiger partial charge on any atom is -0.493 e. The first-order chi connectivity index (χ1) is 14.0. The second-order valence-electron chi connectivity index (χ2n) is 6.83. The second-order valence-corrected chi connectivity index (χ2v) is 6.83. The molecule has 0 fully saturated rings. The van der Waals surface area contributed by atoms with E-state index in [1.807, 2.05) is 43.3 Å². The average Bonchev–Trinajstić information content (AvgIpc) is 2.74. The molecule has 29 heavy (non-hydrogen) atoms. The van der Waals surface area contributed by atoms with Crippen molar-refractivity contribution in [1.82, 2.24) is 5.32 Å². The number of hydrogen-bond donors (Lipinski definition) is 1. The molecule has 2 aromatic rings. The van der Waals surface area contributed by atoms with Crippen LogP contribution in [0.4, 0.5) is 5.69 Å². The molecule has 1 aliphatic rings. The largest absolute Gasteiger partial charge is 0.493 e. The van der Waals surface area contributed by atoms with Gasteiger partial charge >= 0.3 is 0 Å². The Hall–Kier alpha value is -3.22. The van der Waals surface area contributed by atoms with E-state index in [0.717, 1.165) is 11.3 Å². The summed E-state index contributed by atoms with van der Waals surface area (Å²) in [5.74, 6) is 1.59. The smallest absolute Gasteiger partial charge is 0.227 e. The first kappa shape index (κ1) is 20.5. The van der Waals surface area contributed by atoms with Crippen LogP contribution in [0.1, 0.15) is 25.3 Å². The zero-order valence-corrected chi connectivity index (χ0v) is 16.9. The summed E-state index contributed by atoms with van der Waals surface area (Å²) in [4.78, 5) is 26.7. The molecule has 3 rings (SSSR count). The molecule has 0 radical (unpaired) electrons. The third-order valence-electron chi connectivity index (χ3n) is 4.75. The molecule has 2 amide bonds. The first-order valence-corrected chi connectivity index (χ1v) is 9.56. The Morgan fingerprint density at radius 3 is 2.66 bits per heavy atom. The number of methoxy groups -OCH3 is 2. The van der Waals surface area contributed by atoms with Gasteiger partial charge in [0.2, 0.25) is 11.8 Å².